The number of nitrogens with zero attached hydrogens (tertiary/aromatic N) is 1. The molecule has 4 nitrogen and oxygen atoms in total. The van der Waals surface area contributed by atoms with Crippen molar-refractivity contribution < 1.29 is 14.3 Å². The molecule has 0 aromatic heterocycles. The van der Waals surface area contributed by atoms with Crippen molar-refractivity contribution in [3.8, 4) is 5.75 Å². The summed E-state index contributed by atoms with van der Waals surface area (Å²) in [6, 6.07) is 5.45. The fraction of sp³-hybridized carbons (Fsp3) is 0.632. The van der Waals surface area contributed by atoms with Crippen LogP contribution in [0.5, 0.6) is 5.75 Å². The smallest absolute Gasteiger partial charge is 0.338 e. The molecule has 1 atom stereocenters. The van der Waals surface area contributed by atoms with Crippen molar-refractivity contribution in [3.05, 3.63) is 29.3 Å². The summed E-state index contributed by atoms with van der Waals surface area (Å²) in [5, 5.41) is 0. The van der Waals surface area contributed by atoms with Gasteiger partial charge < -0.3 is 9.47 Å². The van der Waals surface area contributed by atoms with Crippen LogP contribution in [-0.2, 0) is 10.6 Å². The lowest BCUT2D eigenvalue weighted by Crippen LogP contribution is -2.50. The average molecular weight is 354 g/mol. The largest absolute Gasteiger partial charge is 0.489 e. The molecule has 24 heavy (non-hydrogen) atoms. The van der Waals surface area contributed by atoms with Gasteiger partial charge in [-0.25, -0.2) is 4.79 Å². The van der Waals surface area contributed by atoms with E-state index in [9.17, 15) is 4.79 Å². The van der Waals surface area contributed by atoms with Gasteiger partial charge in [0.1, 0.15) is 11.9 Å². The summed E-state index contributed by atoms with van der Waals surface area (Å²) >= 11 is 6.02. The molecular weight excluding hydrogens is 326 g/mol. The van der Waals surface area contributed by atoms with Gasteiger partial charge in [-0.15, -0.1) is 11.6 Å². The Kier molecular flexibility index (Phi) is 6.53. The number of halogens is 1. The van der Waals surface area contributed by atoms with Gasteiger partial charge in [-0.3, -0.25) is 4.90 Å². The molecule has 1 saturated heterocycles. The first-order valence-corrected chi connectivity index (χ1v) is 9.19. The van der Waals surface area contributed by atoms with E-state index in [0.717, 1.165) is 37.4 Å². The number of hydrogen-bond donors (Lipinski definition) is 0. The summed E-state index contributed by atoms with van der Waals surface area (Å²) in [5.41, 5.74) is 1.37. The third-order valence-electron chi connectivity index (χ3n) is 4.81. The highest BCUT2D eigenvalue weighted by Gasteiger charge is 2.36. The molecule has 0 radical (unpaired) electrons. The highest BCUT2D eigenvalue weighted by Crippen LogP contribution is 2.34. The number of likely N-dealkylation sites (N-methyl/N-ethyl adjacent to an activating group) is 1. The molecule has 0 aliphatic carbocycles. The highest BCUT2D eigenvalue weighted by molar-refractivity contribution is 6.17. The topological polar surface area (TPSA) is 38.8 Å². The quantitative estimate of drug-likeness (QED) is 0.570. The van der Waals surface area contributed by atoms with Gasteiger partial charge in [-0.05, 0) is 50.2 Å². The molecule has 0 amide bonds. The van der Waals surface area contributed by atoms with Crippen LogP contribution < -0.4 is 4.74 Å². The molecule has 5 heteroatoms. The van der Waals surface area contributed by atoms with E-state index in [1.54, 1.807) is 13.0 Å². The molecule has 0 saturated carbocycles. The van der Waals surface area contributed by atoms with Gasteiger partial charge in [0, 0.05) is 17.8 Å². The maximum atomic E-state index is 12.0. The van der Waals surface area contributed by atoms with Crippen LogP contribution in [0.25, 0.3) is 0 Å². The lowest BCUT2D eigenvalue weighted by Gasteiger charge is -2.43. The summed E-state index contributed by atoms with van der Waals surface area (Å²) in [5.74, 6) is 0.671. The zero-order valence-electron chi connectivity index (χ0n) is 15.1. The number of esters is 1. The summed E-state index contributed by atoms with van der Waals surface area (Å²) in [4.78, 5) is 14.4. The van der Waals surface area contributed by atoms with Crippen molar-refractivity contribution in [3.63, 3.8) is 0 Å². The second-order valence-electron chi connectivity index (χ2n) is 6.91. The van der Waals surface area contributed by atoms with Crippen LogP contribution in [0.1, 0.15) is 50.0 Å². The van der Waals surface area contributed by atoms with Crippen molar-refractivity contribution in [2.24, 2.45) is 5.41 Å². The first kappa shape index (κ1) is 19.1. The minimum atomic E-state index is -0.338. The lowest BCUT2D eigenvalue weighted by atomic mass is 9.80. The number of piperidine rings is 1. The Balaban J connectivity index is 2.18. The predicted octanol–water partition coefficient (Wildman–Crippen LogP) is 4.10. The molecule has 1 aliphatic rings. The van der Waals surface area contributed by atoms with Gasteiger partial charge in [0.15, 0.2) is 0 Å². The third kappa shape index (κ3) is 4.42. The van der Waals surface area contributed by atoms with Crippen LogP contribution in [0, 0.1) is 5.41 Å². The zero-order chi connectivity index (χ0) is 17.7. The predicted molar refractivity (Wildman–Crippen MR) is 96.9 cm³/mol. The number of alkyl halides is 1. The normalized spacial score (nSPS) is 20.6. The maximum Gasteiger partial charge on any atom is 0.338 e. The number of likely N-dealkylation sites (tertiary alicyclic amines) is 1. The second kappa shape index (κ2) is 8.21. The molecule has 0 bridgehead atoms. The van der Waals surface area contributed by atoms with E-state index in [1.165, 1.54) is 0 Å². The third-order valence-corrected chi connectivity index (χ3v) is 5.10. The van der Waals surface area contributed by atoms with Crippen LogP contribution in [0.15, 0.2) is 18.2 Å². The monoisotopic (exact) mass is 353 g/mol. The second-order valence-corrected chi connectivity index (χ2v) is 7.18. The van der Waals surface area contributed by atoms with Gasteiger partial charge in [0.2, 0.25) is 0 Å². The maximum absolute atomic E-state index is 12.0. The van der Waals surface area contributed by atoms with Crippen molar-refractivity contribution in [2.45, 2.75) is 46.1 Å². The molecule has 1 unspecified atom stereocenters. The molecular formula is C19H28ClNO3. The minimum absolute atomic E-state index is 0.114. The van der Waals surface area contributed by atoms with Crippen LogP contribution >= 0.6 is 11.6 Å². The Morgan fingerprint density at radius 3 is 2.75 bits per heavy atom. The lowest BCUT2D eigenvalue weighted by molar-refractivity contribution is -0.00666. The molecule has 134 valence electrons. The Morgan fingerprint density at radius 1 is 1.38 bits per heavy atom. The van der Waals surface area contributed by atoms with Gasteiger partial charge in [0.05, 0.1) is 12.2 Å². The van der Waals surface area contributed by atoms with Crippen LogP contribution in [0.2, 0.25) is 0 Å². The van der Waals surface area contributed by atoms with E-state index in [1.807, 2.05) is 12.1 Å². The van der Waals surface area contributed by atoms with Crippen molar-refractivity contribution >= 4 is 17.6 Å². The average Bonchev–Trinajstić information content (AvgIpc) is 2.56. The molecule has 1 heterocycles. The number of carbonyl (C=O) groups excluding carboxylic acids is 1. The molecule has 1 fully saturated rings. The highest BCUT2D eigenvalue weighted by atomic mass is 35.5. The fourth-order valence-corrected chi connectivity index (χ4v) is 3.21. The van der Waals surface area contributed by atoms with Crippen LogP contribution in [0.4, 0.5) is 0 Å². The van der Waals surface area contributed by atoms with Crippen molar-refractivity contribution in [1.29, 1.82) is 0 Å². The Morgan fingerprint density at radius 2 is 2.12 bits per heavy atom. The van der Waals surface area contributed by atoms with Gasteiger partial charge in [-0.2, -0.15) is 0 Å². The molecule has 1 aromatic rings. The number of hydrogen-bond acceptors (Lipinski definition) is 4. The fourth-order valence-electron chi connectivity index (χ4n) is 2.99. The van der Waals surface area contributed by atoms with Gasteiger partial charge in [-0.1, -0.05) is 20.8 Å². The van der Waals surface area contributed by atoms with Crippen molar-refractivity contribution in [2.75, 3.05) is 26.2 Å². The Bertz CT molecular complexity index is 574. The van der Waals surface area contributed by atoms with E-state index in [0.29, 0.717) is 12.2 Å². The summed E-state index contributed by atoms with van der Waals surface area (Å²) < 4.78 is 11.4. The van der Waals surface area contributed by atoms with E-state index >= 15 is 0 Å². The number of carbonyl (C=O) groups is 1. The van der Waals surface area contributed by atoms with Gasteiger partial charge >= 0.3 is 5.97 Å². The van der Waals surface area contributed by atoms with E-state index in [-0.39, 0.29) is 23.4 Å². The molecule has 1 aromatic carbocycles. The van der Waals surface area contributed by atoms with Gasteiger partial charge in [0.25, 0.3) is 0 Å². The minimum Gasteiger partial charge on any atom is -0.489 e. The molecule has 0 spiro atoms. The summed E-state index contributed by atoms with van der Waals surface area (Å²) in [7, 11) is 0. The van der Waals surface area contributed by atoms with E-state index < -0.39 is 0 Å². The Labute approximate surface area is 150 Å². The standard InChI is InChI=1S/C19H28ClNO3/c1-5-21-10-9-19(3,4)17(13-21)24-15-7-8-16(14(11-15)12-20)18(22)23-6-2/h7-8,11,17H,5-6,9-10,12-13H2,1-4H3. The van der Waals surface area contributed by atoms with Crippen LogP contribution in [-0.4, -0.2) is 43.2 Å². The van der Waals surface area contributed by atoms with Crippen LogP contribution in [0.3, 0.4) is 0 Å². The molecule has 0 N–H and O–H groups in total. The number of benzene rings is 1. The summed E-state index contributed by atoms with van der Waals surface area (Å²) in [6.07, 6.45) is 1.22. The number of rotatable bonds is 6. The zero-order valence-corrected chi connectivity index (χ0v) is 15.9. The first-order chi connectivity index (χ1) is 11.4. The molecule has 1 aliphatic heterocycles. The van der Waals surface area contributed by atoms with E-state index in [2.05, 4.69) is 25.7 Å². The first-order valence-electron chi connectivity index (χ1n) is 8.66. The SMILES string of the molecule is CCOC(=O)c1ccc(OC2CN(CC)CCC2(C)C)cc1CCl. The summed E-state index contributed by atoms with van der Waals surface area (Å²) in [6.45, 7) is 11.9. The van der Waals surface area contributed by atoms with Crippen molar-refractivity contribution in [1.82, 2.24) is 4.90 Å². The van der Waals surface area contributed by atoms with E-state index in [4.69, 9.17) is 21.1 Å². The Hall–Kier alpha value is -1.26. The number of ether oxygens (including phenoxy) is 2. The molecule has 2 rings (SSSR count).